The molecule has 34 heavy (non-hydrogen) atoms. The van der Waals surface area contributed by atoms with Crippen LogP contribution in [0.2, 0.25) is 0 Å². The highest BCUT2D eigenvalue weighted by atomic mass is 32.2. The third kappa shape index (κ3) is 6.24. The molecule has 1 aliphatic rings. The maximum Gasteiger partial charge on any atom is 0.242 e. The zero-order valence-electron chi connectivity index (χ0n) is 18.7. The van der Waals surface area contributed by atoms with Gasteiger partial charge in [-0.25, -0.2) is 4.99 Å². The number of hydrogen-bond donors (Lipinski definition) is 1. The number of hydrogen-bond acceptors (Lipinski definition) is 6. The second kappa shape index (κ2) is 11.5. The summed E-state index contributed by atoms with van der Waals surface area (Å²) >= 11 is 1.30. The fourth-order valence-electron chi connectivity index (χ4n) is 3.34. The van der Waals surface area contributed by atoms with Crippen molar-refractivity contribution in [2.45, 2.75) is 11.7 Å². The van der Waals surface area contributed by atoms with Gasteiger partial charge in [0.05, 0.1) is 18.8 Å². The minimum absolute atomic E-state index is 0.0447. The Kier molecular flexibility index (Phi) is 7.95. The first-order chi connectivity index (χ1) is 16.6. The summed E-state index contributed by atoms with van der Waals surface area (Å²) in [7, 11) is 1.59. The lowest BCUT2D eigenvalue weighted by atomic mass is 10.2. The van der Waals surface area contributed by atoms with Crippen LogP contribution in [0.4, 0.5) is 11.4 Å². The van der Waals surface area contributed by atoms with Crippen molar-refractivity contribution in [1.29, 1.82) is 0 Å². The van der Waals surface area contributed by atoms with E-state index in [9.17, 15) is 9.59 Å². The molecule has 0 saturated carbocycles. The number of amides is 2. The van der Waals surface area contributed by atoms with Crippen LogP contribution in [-0.2, 0) is 14.3 Å². The molecule has 0 radical (unpaired) electrons. The number of methoxy groups -OCH3 is 1. The minimum atomic E-state index is -0.542. The van der Waals surface area contributed by atoms with Gasteiger partial charge in [0.25, 0.3) is 0 Å². The largest absolute Gasteiger partial charge is 0.457 e. The average Bonchev–Trinajstić information content (AvgIpc) is 3.13. The Morgan fingerprint density at radius 2 is 1.62 bits per heavy atom. The molecule has 1 unspecified atom stereocenters. The molecule has 4 rings (SSSR count). The molecule has 0 spiro atoms. The monoisotopic (exact) mass is 475 g/mol. The zero-order chi connectivity index (χ0) is 23.8. The number of ether oxygens (including phenoxy) is 2. The number of anilines is 1. The Hall–Kier alpha value is -3.62. The summed E-state index contributed by atoms with van der Waals surface area (Å²) in [5.41, 5.74) is 1.39. The van der Waals surface area contributed by atoms with Crippen LogP contribution in [0.1, 0.15) is 6.42 Å². The summed E-state index contributed by atoms with van der Waals surface area (Å²) in [5.74, 6) is 1.03. The van der Waals surface area contributed by atoms with Crippen LogP contribution in [0.3, 0.4) is 0 Å². The van der Waals surface area contributed by atoms with Gasteiger partial charge in [0.1, 0.15) is 16.7 Å². The van der Waals surface area contributed by atoms with E-state index in [1.54, 1.807) is 36.3 Å². The van der Waals surface area contributed by atoms with Crippen molar-refractivity contribution >= 4 is 40.1 Å². The third-order valence-electron chi connectivity index (χ3n) is 5.01. The summed E-state index contributed by atoms with van der Waals surface area (Å²) in [5, 5.41) is 2.90. The number of benzene rings is 3. The number of carbonyl (C=O) groups is 2. The van der Waals surface area contributed by atoms with Crippen LogP contribution in [0.25, 0.3) is 0 Å². The van der Waals surface area contributed by atoms with E-state index >= 15 is 0 Å². The van der Waals surface area contributed by atoms with Crippen LogP contribution < -0.4 is 10.1 Å². The Labute approximate surface area is 202 Å². The number of amidine groups is 1. The van der Waals surface area contributed by atoms with Crippen molar-refractivity contribution in [3.8, 4) is 11.5 Å². The number of nitrogens with one attached hydrogen (secondary N) is 1. The predicted octanol–water partition coefficient (Wildman–Crippen LogP) is 5.09. The van der Waals surface area contributed by atoms with E-state index in [0.29, 0.717) is 29.8 Å². The van der Waals surface area contributed by atoms with Crippen LogP contribution in [0.15, 0.2) is 89.9 Å². The van der Waals surface area contributed by atoms with E-state index in [4.69, 9.17) is 9.47 Å². The number of thioether (sulfide) groups is 1. The van der Waals surface area contributed by atoms with Crippen LogP contribution >= 0.6 is 11.8 Å². The van der Waals surface area contributed by atoms with Gasteiger partial charge < -0.3 is 14.8 Å². The van der Waals surface area contributed by atoms with E-state index in [1.807, 2.05) is 60.7 Å². The number of para-hydroxylation sites is 2. The highest BCUT2D eigenvalue weighted by molar-refractivity contribution is 8.15. The number of aliphatic imine (C=N–C) groups is 1. The molecule has 0 aliphatic carbocycles. The standard InChI is InChI=1S/C26H25N3O4S/c1-32-17-16-29-25(31)23(34-26(29)28-19-8-4-2-5-9-19)18-24(30)27-20-12-14-22(15-13-20)33-21-10-6-3-7-11-21/h2-15,23H,16-18H2,1H3,(H,27,30). The lowest BCUT2D eigenvalue weighted by molar-refractivity contribution is -0.128. The maximum atomic E-state index is 13.0. The molecule has 1 fully saturated rings. The second-order valence-electron chi connectivity index (χ2n) is 7.51. The zero-order valence-corrected chi connectivity index (χ0v) is 19.5. The highest BCUT2D eigenvalue weighted by Crippen LogP contribution is 2.32. The molecular weight excluding hydrogens is 450 g/mol. The van der Waals surface area contributed by atoms with Crippen molar-refractivity contribution < 1.29 is 19.1 Å². The van der Waals surface area contributed by atoms with Gasteiger partial charge >= 0.3 is 0 Å². The Morgan fingerprint density at radius 1 is 0.971 bits per heavy atom. The SMILES string of the molecule is COCCN1C(=O)C(CC(=O)Nc2ccc(Oc3ccccc3)cc2)SC1=Nc1ccccc1. The molecule has 8 heteroatoms. The van der Waals surface area contributed by atoms with Crippen LogP contribution in [0.5, 0.6) is 11.5 Å². The number of carbonyl (C=O) groups excluding carboxylic acids is 2. The minimum Gasteiger partial charge on any atom is -0.457 e. The van der Waals surface area contributed by atoms with E-state index in [0.717, 1.165) is 11.4 Å². The molecule has 7 nitrogen and oxygen atoms in total. The lowest BCUT2D eigenvalue weighted by Gasteiger charge is -2.15. The average molecular weight is 476 g/mol. The first-order valence-corrected chi connectivity index (χ1v) is 11.7. The van der Waals surface area contributed by atoms with Crippen molar-refractivity contribution in [3.05, 3.63) is 84.9 Å². The Balaban J connectivity index is 1.38. The van der Waals surface area contributed by atoms with Gasteiger partial charge in [-0.1, -0.05) is 48.2 Å². The Bertz CT molecular complexity index is 1140. The molecule has 0 bridgehead atoms. The van der Waals surface area contributed by atoms with E-state index in [2.05, 4.69) is 10.3 Å². The van der Waals surface area contributed by atoms with Gasteiger partial charge in [-0.05, 0) is 48.5 Å². The molecule has 0 aromatic heterocycles. The summed E-state index contributed by atoms with van der Waals surface area (Å²) in [6.07, 6.45) is 0.0447. The molecule has 174 valence electrons. The number of rotatable bonds is 9. The third-order valence-corrected chi connectivity index (χ3v) is 6.18. The van der Waals surface area contributed by atoms with E-state index < -0.39 is 5.25 Å². The molecular formula is C26H25N3O4S. The van der Waals surface area contributed by atoms with Gasteiger partial charge in [0.2, 0.25) is 11.8 Å². The van der Waals surface area contributed by atoms with Gasteiger partial charge in [0.15, 0.2) is 5.17 Å². The molecule has 1 aliphatic heterocycles. The summed E-state index contributed by atoms with van der Waals surface area (Å²) in [4.78, 5) is 31.9. The normalized spacial score (nSPS) is 16.6. The smallest absolute Gasteiger partial charge is 0.242 e. The molecule has 1 heterocycles. The molecule has 3 aromatic rings. The van der Waals surface area contributed by atoms with Gasteiger partial charge in [-0.15, -0.1) is 0 Å². The van der Waals surface area contributed by atoms with Crippen molar-refractivity contribution in [2.24, 2.45) is 4.99 Å². The second-order valence-corrected chi connectivity index (χ2v) is 8.68. The van der Waals surface area contributed by atoms with E-state index in [-0.39, 0.29) is 18.2 Å². The Morgan fingerprint density at radius 3 is 2.29 bits per heavy atom. The van der Waals surface area contributed by atoms with E-state index in [1.165, 1.54) is 11.8 Å². The summed E-state index contributed by atoms with van der Waals surface area (Å²) in [6.45, 7) is 0.769. The summed E-state index contributed by atoms with van der Waals surface area (Å²) < 4.78 is 10.9. The van der Waals surface area contributed by atoms with Crippen molar-refractivity contribution in [1.82, 2.24) is 4.90 Å². The molecule has 1 N–H and O–H groups in total. The fourth-order valence-corrected chi connectivity index (χ4v) is 4.52. The van der Waals surface area contributed by atoms with Crippen LogP contribution in [0, 0.1) is 0 Å². The van der Waals surface area contributed by atoms with Gasteiger partial charge in [0, 0.05) is 19.2 Å². The first-order valence-electron chi connectivity index (χ1n) is 10.9. The molecule has 3 aromatic carbocycles. The van der Waals surface area contributed by atoms with Gasteiger partial charge in [-0.3, -0.25) is 14.5 Å². The van der Waals surface area contributed by atoms with Crippen molar-refractivity contribution in [3.63, 3.8) is 0 Å². The molecule has 1 saturated heterocycles. The maximum absolute atomic E-state index is 13.0. The topological polar surface area (TPSA) is 80.2 Å². The molecule has 1 atom stereocenters. The molecule has 2 amide bonds. The summed E-state index contributed by atoms with van der Waals surface area (Å²) in [6, 6.07) is 26.0. The highest BCUT2D eigenvalue weighted by Gasteiger charge is 2.39. The van der Waals surface area contributed by atoms with Crippen LogP contribution in [-0.4, -0.2) is 47.4 Å². The lowest BCUT2D eigenvalue weighted by Crippen LogP contribution is -2.35. The quantitative estimate of drug-likeness (QED) is 0.467. The number of nitrogens with zero attached hydrogens (tertiary/aromatic N) is 2. The first kappa shape index (κ1) is 23.5. The fraction of sp³-hybridized carbons (Fsp3) is 0.192. The van der Waals surface area contributed by atoms with Gasteiger partial charge in [-0.2, -0.15) is 0 Å². The van der Waals surface area contributed by atoms with Crippen molar-refractivity contribution in [2.75, 3.05) is 25.6 Å². The predicted molar refractivity (Wildman–Crippen MR) is 135 cm³/mol.